The number of unbranched alkanes of at least 4 members (excludes halogenated alkanes) is 1. The van der Waals surface area contributed by atoms with Crippen LogP contribution in [0.15, 0.2) is 38.0 Å². The molecule has 0 aromatic heterocycles. The highest BCUT2D eigenvalue weighted by Crippen LogP contribution is 2.39. The Hall–Kier alpha value is -1.85. The van der Waals surface area contributed by atoms with Crippen molar-refractivity contribution in [3.63, 3.8) is 0 Å². The fraction of sp³-hybridized carbons (Fsp3) is 0.760. The quantitative estimate of drug-likeness (QED) is 0.0597. The van der Waals surface area contributed by atoms with Crippen LogP contribution in [0.25, 0.3) is 0 Å². The van der Waals surface area contributed by atoms with Gasteiger partial charge in [-0.05, 0) is 37.5 Å². The SMILES string of the molecule is C=CCC(CC=C)(CC=C)CCCCC(F)(F)COCC(F)(F)OC(F)(F)CC(F)(F)COCC(F)(F)OC(F)(F)F. The van der Waals surface area contributed by atoms with E-state index >= 15 is 0 Å². The van der Waals surface area contributed by atoms with Crippen LogP contribution in [0.4, 0.5) is 57.1 Å². The van der Waals surface area contributed by atoms with Gasteiger partial charge in [0.2, 0.25) is 0 Å². The van der Waals surface area contributed by atoms with Gasteiger partial charge in [-0.2, -0.15) is 26.3 Å². The first kappa shape index (κ1) is 40.1. The molecular formula is C25H33F13O4. The zero-order chi connectivity index (χ0) is 32.9. The molecule has 0 spiro atoms. The van der Waals surface area contributed by atoms with Gasteiger partial charge in [-0.1, -0.05) is 24.6 Å². The minimum Gasteiger partial charge on any atom is -0.366 e. The summed E-state index contributed by atoms with van der Waals surface area (Å²) in [5.74, 6) is -8.51. The summed E-state index contributed by atoms with van der Waals surface area (Å²) >= 11 is 0. The third-order valence-electron chi connectivity index (χ3n) is 5.43. The van der Waals surface area contributed by atoms with E-state index in [1.165, 1.54) is 0 Å². The molecule has 0 unspecified atom stereocenters. The predicted octanol–water partition coefficient (Wildman–Crippen LogP) is 9.29. The van der Waals surface area contributed by atoms with Crippen molar-refractivity contribution in [1.82, 2.24) is 0 Å². The van der Waals surface area contributed by atoms with E-state index in [9.17, 15) is 57.1 Å². The van der Waals surface area contributed by atoms with Crippen LogP contribution in [0.1, 0.15) is 51.4 Å². The third kappa shape index (κ3) is 18.6. The first-order chi connectivity index (χ1) is 18.9. The summed E-state index contributed by atoms with van der Waals surface area (Å²) in [6, 6.07) is 0. The van der Waals surface area contributed by atoms with Gasteiger partial charge in [0.15, 0.2) is 0 Å². The van der Waals surface area contributed by atoms with Crippen molar-refractivity contribution >= 4 is 0 Å². The van der Waals surface area contributed by atoms with Gasteiger partial charge < -0.3 is 9.47 Å². The van der Waals surface area contributed by atoms with Gasteiger partial charge in [-0.25, -0.2) is 22.3 Å². The van der Waals surface area contributed by atoms with Gasteiger partial charge in [-0.3, -0.25) is 4.74 Å². The normalized spacial score (nSPS) is 14.2. The summed E-state index contributed by atoms with van der Waals surface area (Å²) in [6.07, 6.45) is -17.7. The molecular weight excluding hydrogens is 611 g/mol. The number of hydrogen-bond donors (Lipinski definition) is 0. The Morgan fingerprint density at radius 1 is 0.476 bits per heavy atom. The van der Waals surface area contributed by atoms with Gasteiger partial charge in [0.1, 0.15) is 32.8 Å². The summed E-state index contributed by atoms with van der Waals surface area (Å²) < 4.78 is 184. The lowest BCUT2D eigenvalue weighted by Crippen LogP contribution is -2.43. The number of hydrogen-bond acceptors (Lipinski definition) is 4. The van der Waals surface area contributed by atoms with Gasteiger partial charge in [0, 0.05) is 6.42 Å². The van der Waals surface area contributed by atoms with E-state index < -0.39 is 75.8 Å². The molecule has 0 aliphatic rings. The van der Waals surface area contributed by atoms with E-state index in [-0.39, 0.29) is 11.8 Å². The van der Waals surface area contributed by atoms with Crippen molar-refractivity contribution in [1.29, 1.82) is 0 Å². The maximum atomic E-state index is 14.1. The van der Waals surface area contributed by atoms with Gasteiger partial charge >= 0.3 is 24.7 Å². The maximum Gasteiger partial charge on any atom is 0.527 e. The fourth-order valence-corrected chi connectivity index (χ4v) is 3.90. The van der Waals surface area contributed by atoms with E-state index in [0.717, 1.165) is 0 Å². The van der Waals surface area contributed by atoms with Crippen molar-refractivity contribution in [2.45, 2.75) is 87.9 Å². The minimum absolute atomic E-state index is 0.0556. The van der Waals surface area contributed by atoms with E-state index in [2.05, 4.69) is 38.7 Å². The van der Waals surface area contributed by atoms with Crippen LogP contribution in [0.2, 0.25) is 0 Å². The smallest absolute Gasteiger partial charge is 0.366 e. The Bertz CT molecular complexity index is 803. The number of rotatable bonds is 24. The van der Waals surface area contributed by atoms with Crippen LogP contribution in [0.3, 0.4) is 0 Å². The summed E-state index contributed by atoms with van der Waals surface area (Å²) in [6.45, 7) is 2.42. The van der Waals surface area contributed by atoms with Crippen LogP contribution in [-0.2, 0) is 18.9 Å². The van der Waals surface area contributed by atoms with Crippen molar-refractivity contribution in [2.75, 3.05) is 26.4 Å². The molecule has 0 aliphatic heterocycles. The molecule has 42 heavy (non-hydrogen) atoms. The molecule has 17 heteroatoms. The van der Waals surface area contributed by atoms with Crippen LogP contribution in [0.5, 0.6) is 0 Å². The molecule has 0 aliphatic carbocycles. The summed E-state index contributed by atoms with van der Waals surface area (Å²) in [7, 11) is 0. The lowest BCUT2D eigenvalue weighted by molar-refractivity contribution is -0.432. The topological polar surface area (TPSA) is 36.9 Å². The Kier molecular flexibility index (Phi) is 15.6. The lowest BCUT2D eigenvalue weighted by atomic mass is 9.74. The van der Waals surface area contributed by atoms with E-state index in [0.29, 0.717) is 32.1 Å². The summed E-state index contributed by atoms with van der Waals surface area (Å²) in [5.41, 5.74) is -0.322. The molecule has 0 saturated carbocycles. The molecule has 4 nitrogen and oxygen atoms in total. The monoisotopic (exact) mass is 644 g/mol. The second-order valence-corrected chi connectivity index (χ2v) is 9.62. The van der Waals surface area contributed by atoms with Gasteiger partial charge in [0.25, 0.3) is 11.8 Å². The minimum atomic E-state index is -5.89. The summed E-state index contributed by atoms with van der Waals surface area (Å²) in [4.78, 5) is 0. The van der Waals surface area contributed by atoms with Gasteiger partial charge in [0.05, 0.1) is 0 Å². The second-order valence-electron chi connectivity index (χ2n) is 9.62. The molecule has 0 aromatic rings. The molecule has 0 N–H and O–H groups in total. The highest BCUT2D eigenvalue weighted by atomic mass is 19.4. The van der Waals surface area contributed by atoms with Crippen LogP contribution < -0.4 is 0 Å². The molecule has 0 fully saturated rings. The number of halogens is 13. The summed E-state index contributed by atoms with van der Waals surface area (Å²) in [5, 5.41) is 0. The first-order valence-corrected chi connectivity index (χ1v) is 12.3. The molecule has 0 heterocycles. The largest absolute Gasteiger partial charge is 0.527 e. The van der Waals surface area contributed by atoms with E-state index in [4.69, 9.17) is 0 Å². The zero-order valence-corrected chi connectivity index (χ0v) is 22.4. The number of alkyl halides is 13. The lowest BCUT2D eigenvalue weighted by Gasteiger charge is -2.31. The number of allylic oxidation sites excluding steroid dienone is 3. The van der Waals surface area contributed by atoms with Crippen molar-refractivity contribution in [3.8, 4) is 0 Å². The van der Waals surface area contributed by atoms with Crippen LogP contribution in [-0.4, -0.2) is 63.0 Å². The van der Waals surface area contributed by atoms with Crippen molar-refractivity contribution < 1.29 is 76.0 Å². The van der Waals surface area contributed by atoms with E-state index in [1.54, 1.807) is 18.2 Å². The molecule has 0 radical (unpaired) electrons. The Morgan fingerprint density at radius 3 is 1.31 bits per heavy atom. The zero-order valence-electron chi connectivity index (χ0n) is 22.4. The highest BCUT2D eigenvalue weighted by Gasteiger charge is 2.52. The average molecular weight is 645 g/mol. The predicted molar refractivity (Wildman–Crippen MR) is 125 cm³/mol. The first-order valence-electron chi connectivity index (χ1n) is 12.3. The molecule has 0 amide bonds. The fourth-order valence-electron chi connectivity index (χ4n) is 3.90. The molecule has 0 aromatic carbocycles. The molecule has 0 saturated heterocycles. The van der Waals surface area contributed by atoms with E-state index in [1.807, 2.05) is 0 Å². The molecule has 0 bridgehead atoms. The molecule has 0 rings (SSSR count). The maximum absolute atomic E-state index is 14.1. The highest BCUT2D eigenvalue weighted by molar-refractivity contribution is 4.95. The standard InChI is InChI=1S/C25H33F13O4/c1-4-9-19(10-5-2,11-6-3)12-7-8-13-20(26,27)15-39-17-23(32,33)41-22(30,31)14-21(28,29)16-40-18-24(34,35)42-25(36,37)38/h4-6H,1-3,7-18H2. The van der Waals surface area contributed by atoms with Gasteiger partial charge in [-0.15, -0.1) is 32.9 Å². The second kappa shape index (κ2) is 16.3. The number of ether oxygens (including phenoxy) is 4. The Labute approximate surface area is 234 Å². The molecule has 0 atom stereocenters. The average Bonchev–Trinajstić information content (AvgIpc) is 2.73. The molecule has 248 valence electrons. The Balaban J connectivity index is 4.75. The van der Waals surface area contributed by atoms with Crippen molar-refractivity contribution in [2.24, 2.45) is 5.41 Å². The third-order valence-corrected chi connectivity index (χ3v) is 5.43. The Morgan fingerprint density at radius 2 is 0.881 bits per heavy atom. The van der Waals surface area contributed by atoms with Crippen molar-refractivity contribution in [3.05, 3.63) is 38.0 Å². The van der Waals surface area contributed by atoms with Crippen LogP contribution >= 0.6 is 0 Å². The van der Waals surface area contributed by atoms with Crippen LogP contribution in [0, 0.1) is 5.41 Å².